The molecule has 3 N–H and O–H groups in total. The standard InChI is InChI=1S/C17H19BrN2O/c1-11-7-8-15(18)14(10-11)16(20-19)13-6-2-4-12-5-3-9-21-17(12)13/h2,4,6-8,10,16,20H,3,5,9,19H2,1H3. The Hall–Kier alpha value is -1.36. The van der Waals surface area contributed by atoms with Crippen molar-refractivity contribution in [2.45, 2.75) is 25.8 Å². The first-order chi connectivity index (χ1) is 10.2. The van der Waals surface area contributed by atoms with Crippen LogP contribution in [0.25, 0.3) is 0 Å². The third-order valence-electron chi connectivity index (χ3n) is 3.90. The third-order valence-corrected chi connectivity index (χ3v) is 4.63. The van der Waals surface area contributed by atoms with Gasteiger partial charge in [0, 0.05) is 10.0 Å². The Kier molecular flexibility index (Phi) is 4.29. The summed E-state index contributed by atoms with van der Waals surface area (Å²) in [4.78, 5) is 0. The summed E-state index contributed by atoms with van der Waals surface area (Å²) in [6.07, 6.45) is 2.14. The Bertz CT molecular complexity index is 657. The van der Waals surface area contributed by atoms with Crippen molar-refractivity contribution < 1.29 is 4.74 Å². The van der Waals surface area contributed by atoms with Gasteiger partial charge in [-0.05, 0) is 37.0 Å². The fourth-order valence-corrected chi connectivity index (χ4v) is 3.35. The summed E-state index contributed by atoms with van der Waals surface area (Å²) in [7, 11) is 0. The molecule has 0 aromatic heterocycles. The maximum atomic E-state index is 5.92. The minimum Gasteiger partial charge on any atom is -0.493 e. The second kappa shape index (κ2) is 6.18. The van der Waals surface area contributed by atoms with E-state index in [-0.39, 0.29) is 6.04 Å². The molecular weight excluding hydrogens is 328 g/mol. The highest BCUT2D eigenvalue weighted by molar-refractivity contribution is 9.10. The van der Waals surface area contributed by atoms with Gasteiger partial charge in [0.2, 0.25) is 0 Å². The van der Waals surface area contributed by atoms with E-state index >= 15 is 0 Å². The zero-order valence-electron chi connectivity index (χ0n) is 12.0. The zero-order chi connectivity index (χ0) is 14.8. The van der Waals surface area contributed by atoms with Crippen LogP contribution >= 0.6 is 15.9 Å². The van der Waals surface area contributed by atoms with E-state index in [1.165, 1.54) is 11.1 Å². The van der Waals surface area contributed by atoms with Gasteiger partial charge in [-0.15, -0.1) is 0 Å². The molecular formula is C17H19BrN2O. The summed E-state index contributed by atoms with van der Waals surface area (Å²) in [5.41, 5.74) is 7.64. The Morgan fingerprint density at radius 3 is 2.90 bits per heavy atom. The largest absolute Gasteiger partial charge is 0.493 e. The lowest BCUT2D eigenvalue weighted by Crippen LogP contribution is -2.30. The highest BCUT2D eigenvalue weighted by atomic mass is 79.9. The van der Waals surface area contributed by atoms with Crippen molar-refractivity contribution in [2.75, 3.05) is 6.61 Å². The maximum absolute atomic E-state index is 5.92. The molecule has 110 valence electrons. The van der Waals surface area contributed by atoms with Crippen molar-refractivity contribution in [2.24, 2.45) is 5.84 Å². The molecule has 0 fully saturated rings. The summed E-state index contributed by atoms with van der Waals surface area (Å²) in [5, 5.41) is 0. The van der Waals surface area contributed by atoms with Crippen LogP contribution in [0.1, 0.15) is 34.7 Å². The lowest BCUT2D eigenvalue weighted by atomic mass is 9.93. The number of para-hydroxylation sites is 1. The van der Waals surface area contributed by atoms with Crippen molar-refractivity contribution in [3.05, 3.63) is 63.1 Å². The van der Waals surface area contributed by atoms with E-state index in [1.807, 2.05) is 0 Å². The average molecular weight is 347 g/mol. The fourth-order valence-electron chi connectivity index (χ4n) is 2.87. The van der Waals surface area contributed by atoms with Gasteiger partial charge in [0.25, 0.3) is 0 Å². The topological polar surface area (TPSA) is 47.3 Å². The van der Waals surface area contributed by atoms with Gasteiger partial charge in [-0.25, -0.2) is 5.43 Å². The molecule has 2 aromatic carbocycles. The van der Waals surface area contributed by atoms with Gasteiger partial charge in [0.1, 0.15) is 5.75 Å². The van der Waals surface area contributed by atoms with Crippen LogP contribution in [0, 0.1) is 6.92 Å². The Labute approximate surface area is 133 Å². The number of benzene rings is 2. The molecule has 0 saturated carbocycles. The molecule has 0 saturated heterocycles. The zero-order valence-corrected chi connectivity index (χ0v) is 13.6. The minimum atomic E-state index is -0.0904. The van der Waals surface area contributed by atoms with Crippen LogP contribution in [0.3, 0.4) is 0 Å². The minimum absolute atomic E-state index is 0.0904. The number of hydrazine groups is 1. The number of fused-ring (bicyclic) bond motifs is 1. The molecule has 0 aliphatic carbocycles. The van der Waals surface area contributed by atoms with Crippen LogP contribution in [0.15, 0.2) is 40.9 Å². The Balaban J connectivity index is 2.10. The van der Waals surface area contributed by atoms with Gasteiger partial charge in [0.15, 0.2) is 0 Å². The lowest BCUT2D eigenvalue weighted by Gasteiger charge is -2.26. The number of aryl methyl sites for hydroxylation is 2. The number of ether oxygens (including phenoxy) is 1. The Morgan fingerprint density at radius 2 is 2.10 bits per heavy atom. The van der Waals surface area contributed by atoms with Gasteiger partial charge in [-0.2, -0.15) is 0 Å². The number of nitrogens with two attached hydrogens (primary N) is 1. The predicted molar refractivity (Wildman–Crippen MR) is 88.3 cm³/mol. The van der Waals surface area contributed by atoms with Crippen molar-refractivity contribution in [1.82, 2.24) is 5.43 Å². The quantitative estimate of drug-likeness (QED) is 0.658. The average Bonchev–Trinajstić information content (AvgIpc) is 2.51. The van der Waals surface area contributed by atoms with Gasteiger partial charge in [0.05, 0.1) is 12.6 Å². The van der Waals surface area contributed by atoms with Crippen molar-refractivity contribution in [3.8, 4) is 5.75 Å². The summed E-state index contributed by atoms with van der Waals surface area (Å²) in [5.74, 6) is 6.85. The van der Waals surface area contributed by atoms with Crippen LogP contribution in [-0.4, -0.2) is 6.61 Å². The monoisotopic (exact) mass is 346 g/mol. The molecule has 4 heteroatoms. The molecule has 1 aliphatic rings. The summed E-state index contributed by atoms with van der Waals surface area (Å²) < 4.78 is 6.96. The van der Waals surface area contributed by atoms with E-state index < -0.39 is 0 Å². The van der Waals surface area contributed by atoms with Gasteiger partial charge < -0.3 is 4.74 Å². The van der Waals surface area contributed by atoms with E-state index in [4.69, 9.17) is 10.6 Å². The first-order valence-corrected chi connectivity index (χ1v) is 7.97. The van der Waals surface area contributed by atoms with Crippen molar-refractivity contribution >= 4 is 15.9 Å². The molecule has 3 rings (SSSR count). The molecule has 0 radical (unpaired) electrons. The first-order valence-electron chi connectivity index (χ1n) is 7.17. The molecule has 0 bridgehead atoms. The maximum Gasteiger partial charge on any atom is 0.127 e. The van der Waals surface area contributed by atoms with Crippen LogP contribution < -0.4 is 16.0 Å². The van der Waals surface area contributed by atoms with Crippen molar-refractivity contribution in [3.63, 3.8) is 0 Å². The van der Waals surface area contributed by atoms with E-state index in [9.17, 15) is 0 Å². The fraction of sp³-hybridized carbons (Fsp3) is 0.294. The van der Waals surface area contributed by atoms with E-state index in [0.29, 0.717) is 0 Å². The van der Waals surface area contributed by atoms with E-state index in [2.05, 4.69) is 64.7 Å². The Morgan fingerprint density at radius 1 is 1.24 bits per heavy atom. The third kappa shape index (κ3) is 2.84. The highest BCUT2D eigenvalue weighted by Crippen LogP contribution is 2.37. The molecule has 1 heterocycles. The van der Waals surface area contributed by atoms with Gasteiger partial charge >= 0.3 is 0 Å². The summed E-state index contributed by atoms with van der Waals surface area (Å²) in [6.45, 7) is 2.86. The highest BCUT2D eigenvalue weighted by Gasteiger charge is 2.23. The van der Waals surface area contributed by atoms with Gasteiger partial charge in [-0.1, -0.05) is 51.8 Å². The first kappa shape index (κ1) is 14.6. The predicted octanol–water partition coefficient (Wildman–Crippen LogP) is 3.64. The molecule has 3 nitrogen and oxygen atoms in total. The molecule has 0 amide bonds. The summed E-state index contributed by atoms with van der Waals surface area (Å²) in [6, 6.07) is 12.5. The molecule has 1 atom stereocenters. The van der Waals surface area contributed by atoms with Crippen molar-refractivity contribution in [1.29, 1.82) is 0 Å². The molecule has 2 aromatic rings. The normalized spacial score (nSPS) is 15.2. The van der Waals surface area contributed by atoms with E-state index in [0.717, 1.165) is 40.8 Å². The number of hydrogen-bond donors (Lipinski definition) is 2. The number of nitrogens with one attached hydrogen (secondary N) is 1. The van der Waals surface area contributed by atoms with Gasteiger partial charge in [-0.3, -0.25) is 5.84 Å². The number of halogens is 1. The van der Waals surface area contributed by atoms with Crippen LogP contribution in [-0.2, 0) is 6.42 Å². The lowest BCUT2D eigenvalue weighted by molar-refractivity contribution is 0.283. The van der Waals surface area contributed by atoms with Crippen LogP contribution in [0.5, 0.6) is 5.75 Å². The number of rotatable bonds is 3. The molecule has 0 spiro atoms. The van der Waals surface area contributed by atoms with Crippen LogP contribution in [0.4, 0.5) is 0 Å². The molecule has 1 aliphatic heterocycles. The second-order valence-electron chi connectivity index (χ2n) is 5.41. The summed E-state index contributed by atoms with van der Waals surface area (Å²) >= 11 is 3.63. The van der Waals surface area contributed by atoms with Crippen LogP contribution in [0.2, 0.25) is 0 Å². The molecule has 1 unspecified atom stereocenters. The number of hydrogen-bond acceptors (Lipinski definition) is 3. The molecule has 21 heavy (non-hydrogen) atoms. The SMILES string of the molecule is Cc1ccc(Br)c(C(NN)c2cccc3c2OCCC3)c1. The van der Waals surface area contributed by atoms with E-state index in [1.54, 1.807) is 0 Å². The second-order valence-corrected chi connectivity index (χ2v) is 6.27. The smallest absolute Gasteiger partial charge is 0.127 e.